The second kappa shape index (κ2) is 53.3. The Labute approximate surface area is 630 Å². The van der Waals surface area contributed by atoms with Crippen LogP contribution in [0.4, 0.5) is 0 Å². The highest BCUT2D eigenvalue weighted by Crippen LogP contribution is 2.36. The van der Waals surface area contributed by atoms with Crippen molar-refractivity contribution in [3.63, 3.8) is 0 Å². The average Bonchev–Trinajstić information content (AvgIpc) is 0.763. The Balaban J connectivity index is 1.34. The minimum absolute atomic E-state index is 1.07. The van der Waals surface area contributed by atoms with Gasteiger partial charge in [0.25, 0.3) is 0 Å². The summed E-state index contributed by atoms with van der Waals surface area (Å²) in [5, 5.41) is 0. The number of hydrogen-bond donors (Lipinski definition) is 0. The van der Waals surface area contributed by atoms with E-state index in [9.17, 15) is 0 Å². The van der Waals surface area contributed by atoms with Crippen molar-refractivity contribution < 1.29 is 0 Å². The van der Waals surface area contributed by atoms with E-state index in [1.54, 1.807) is 33.4 Å². The van der Waals surface area contributed by atoms with Crippen LogP contribution in [0.15, 0.2) is 146 Å². The van der Waals surface area contributed by atoms with Crippen LogP contribution in [0.2, 0.25) is 0 Å². The molecule has 7 rings (SSSR count). The fourth-order valence-corrected chi connectivity index (χ4v) is 16.4. The molecule has 0 unspecified atom stereocenters. The maximum Gasteiger partial charge on any atom is -0.0233 e. The Morgan fingerprint density at radius 3 is 0.324 bits per heavy atom. The highest BCUT2D eigenvalue weighted by molar-refractivity contribution is 5.55. The topological polar surface area (TPSA) is 0 Å². The number of rotatable bonds is 60. The predicted molar refractivity (Wildman–Crippen MR) is 452 cm³/mol. The summed E-state index contributed by atoms with van der Waals surface area (Å²) in [4.78, 5) is 0. The molecule has 0 saturated heterocycles. The van der Waals surface area contributed by atoms with E-state index < -0.39 is 0 Å². The Bertz CT molecular complexity index is 2590. The van der Waals surface area contributed by atoms with Gasteiger partial charge in [-0.25, -0.2) is 0 Å². The Hall–Kier alpha value is -5.46. The second-order valence-electron chi connectivity index (χ2n) is 31.9. The normalized spacial score (nSPS) is 11.6. The van der Waals surface area contributed by atoms with Gasteiger partial charge in [-0.2, -0.15) is 0 Å². The number of benzene rings is 7. The van der Waals surface area contributed by atoms with Gasteiger partial charge in [-0.05, 0) is 254 Å². The van der Waals surface area contributed by atoms with Crippen molar-refractivity contribution in [2.45, 2.75) is 388 Å². The average molecular weight is 1380 g/mol. The first-order valence-corrected chi connectivity index (χ1v) is 44.0. The van der Waals surface area contributed by atoms with Gasteiger partial charge in [0.2, 0.25) is 0 Å². The molecular weight excluding hydrogens is 1230 g/mol. The fourth-order valence-electron chi connectivity index (χ4n) is 16.4. The summed E-state index contributed by atoms with van der Waals surface area (Å²) < 4.78 is 0. The molecule has 7 aromatic carbocycles. The van der Waals surface area contributed by atoms with Crippen molar-refractivity contribution in [3.05, 3.63) is 246 Å². The van der Waals surface area contributed by atoms with Gasteiger partial charge < -0.3 is 0 Å². The van der Waals surface area contributed by atoms with Gasteiger partial charge in [-0.1, -0.05) is 380 Å². The van der Waals surface area contributed by atoms with Gasteiger partial charge in [-0.3, -0.25) is 0 Å². The molecule has 558 valence electrons. The molecular formula is C102H150. The molecule has 0 atom stereocenters. The lowest BCUT2D eigenvalue weighted by molar-refractivity contribution is 0.607. The van der Waals surface area contributed by atoms with Gasteiger partial charge in [0.1, 0.15) is 0 Å². The molecule has 0 nitrogen and oxygen atoms in total. The van der Waals surface area contributed by atoms with E-state index in [1.807, 2.05) is 0 Å². The summed E-state index contributed by atoms with van der Waals surface area (Å²) in [7, 11) is 0. The van der Waals surface area contributed by atoms with E-state index in [0.717, 1.165) is 77.0 Å². The van der Waals surface area contributed by atoms with E-state index >= 15 is 0 Å². The molecule has 0 heterocycles. The maximum atomic E-state index is 2.52. The SMILES string of the molecule is CCCCCCCCc1ccc(CCc2c(CCc3ccc(CCCCCCCC)cc3)c(CCc3ccc(CCCCCCCC)cc3)c(CCc3ccc(CCCCCCCC)cc3)c(CCc3ccc(CCCCCCCC)cc3)c2CCc2ccc(CCCCCCCC)cc2)cc1. The minimum atomic E-state index is 1.07. The van der Waals surface area contributed by atoms with Crippen molar-refractivity contribution in [3.8, 4) is 0 Å². The molecule has 0 aromatic heterocycles. The third-order valence-electron chi connectivity index (χ3n) is 23.2. The molecule has 7 aromatic rings. The van der Waals surface area contributed by atoms with Gasteiger partial charge in [0.05, 0.1) is 0 Å². The van der Waals surface area contributed by atoms with Crippen LogP contribution in [0.5, 0.6) is 0 Å². The zero-order valence-corrected chi connectivity index (χ0v) is 67.0. The monoisotopic (exact) mass is 1380 g/mol. The van der Waals surface area contributed by atoms with E-state index in [-0.39, 0.29) is 0 Å². The molecule has 0 aliphatic rings. The smallest absolute Gasteiger partial charge is 0.0233 e. The van der Waals surface area contributed by atoms with Crippen molar-refractivity contribution in [1.29, 1.82) is 0 Å². The summed E-state index contributed by atoms with van der Waals surface area (Å²) in [6.07, 6.45) is 68.6. The zero-order chi connectivity index (χ0) is 71.5. The van der Waals surface area contributed by atoms with Gasteiger partial charge in [0, 0.05) is 0 Å². The first-order chi connectivity index (χ1) is 50.4. The molecule has 0 amide bonds. The molecule has 0 fully saturated rings. The minimum Gasteiger partial charge on any atom is -0.0654 e. The van der Waals surface area contributed by atoms with Gasteiger partial charge in [-0.15, -0.1) is 0 Å². The molecule has 0 aliphatic heterocycles. The Kier molecular flexibility index (Phi) is 43.8. The first kappa shape index (κ1) is 83.8. The highest BCUT2D eigenvalue weighted by atomic mass is 14.3. The van der Waals surface area contributed by atoms with Crippen molar-refractivity contribution in [2.24, 2.45) is 0 Å². The molecule has 0 radical (unpaired) electrons. The largest absolute Gasteiger partial charge is 0.0654 e. The third-order valence-corrected chi connectivity index (χ3v) is 23.2. The lowest BCUT2D eigenvalue weighted by Gasteiger charge is -2.28. The van der Waals surface area contributed by atoms with Crippen molar-refractivity contribution in [1.82, 2.24) is 0 Å². The molecule has 0 spiro atoms. The second-order valence-corrected chi connectivity index (χ2v) is 31.9. The van der Waals surface area contributed by atoms with Crippen molar-refractivity contribution >= 4 is 0 Å². The van der Waals surface area contributed by atoms with E-state index in [4.69, 9.17) is 0 Å². The quantitative estimate of drug-likeness (QED) is 0.0333. The number of hydrogen-bond acceptors (Lipinski definition) is 0. The number of unbranched alkanes of at least 4 members (excludes halogenated alkanes) is 30. The van der Waals surface area contributed by atoms with Crippen LogP contribution in [0.25, 0.3) is 0 Å². The Morgan fingerprint density at radius 2 is 0.206 bits per heavy atom. The standard InChI is InChI=1S/C102H150/c1-7-13-19-25-31-37-43-85-49-61-91(62-50-85)73-79-97-98(80-74-92-63-51-86(52-64-92)44-38-32-26-20-14-8-2)100(82-76-94-67-55-88(56-68-94)46-40-34-28-22-16-10-4)102(84-78-96-71-59-90(60-72-96)48-42-36-30-24-18-12-6)101(83-77-95-69-57-89(58-70-95)47-41-35-29-23-17-11-5)99(97)81-75-93-65-53-87(54-66-93)45-39-33-27-21-15-9-3/h49-72H,7-48,73-84H2,1-6H3. The summed E-state index contributed by atoms with van der Waals surface area (Å²) >= 11 is 0. The van der Waals surface area contributed by atoms with Crippen LogP contribution in [0.1, 0.15) is 373 Å². The molecule has 0 aliphatic carbocycles. The molecule has 0 bridgehead atoms. The van der Waals surface area contributed by atoms with Crippen LogP contribution in [-0.4, -0.2) is 0 Å². The lowest BCUT2D eigenvalue weighted by Crippen LogP contribution is -2.18. The fraction of sp³-hybridized carbons (Fsp3) is 0.588. The van der Waals surface area contributed by atoms with Crippen LogP contribution >= 0.6 is 0 Å². The molecule has 0 heteroatoms. The molecule has 0 saturated carbocycles. The number of aryl methyl sites for hydroxylation is 12. The molecule has 102 heavy (non-hydrogen) atoms. The van der Waals surface area contributed by atoms with Gasteiger partial charge in [0.15, 0.2) is 0 Å². The summed E-state index contributed by atoms with van der Waals surface area (Å²) in [5.41, 5.74) is 28.2. The first-order valence-electron chi connectivity index (χ1n) is 44.0. The van der Waals surface area contributed by atoms with Crippen LogP contribution in [-0.2, 0) is 116 Å². The molecule has 0 N–H and O–H groups in total. The summed E-state index contributed by atoms with van der Waals surface area (Å²) in [5.74, 6) is 0. The zero-order valence-electron chi connectivity index (χ0n) is 67.0. The summed E-state index contributed by atoms with van der Waals surface area (Å²) in [6, 6.07) is 60.2. The predicted octanol–water partition coefficient (Wildman–Crippen LogP) is 29.8. The van der Waals surface area contributed by atoms with Crippen molar-refractivity contribution in [2.75, 3.05) is 0 Å². The van der Waals surface area contributed by atoms with Crippen LogP contribution in [0, 0.1) is 0 Å². The van der Waals surface area contributed by atoms with E-state index in [2.05, 4.69) is 187 Å². The van der Waals surface area contributed by atoms with Gasteiger partial charge >= 0.3 is 0 Å². The lowest BCUT2D eigenvalue weighted by atomic mass is 9.76. The van der Waals surface area contributed by atoms with E-state index in [1.165, 1.54) is 336 Å². The van der Waals surface area contributed by atoms with Crippen LogP contribution in [0.3, 0.4) is 0 Å². The third kappa shape index (κ3) is 33.8. The summed E-state index contributed by atoms with van der Waals surface area (Å²) in [6.45, 7) is 14.0. The van der Waals surface area contributed by atoms with E-state index in [0.29, 0.717) is 0 Å². The van der Waals surface area contributed by atoms with Crippen LogP contribution < -0.4 is 0 Å². The Morgan fingerprint density at radius 1 is 0.108 bits per heavy atom. The maximum absolute atomic E-state index is 2.52. The highest BCUT2D eigenvalue weighted by Gasteiger charge is 2.25.